The van der Waals surface area contributed by atoms with Crippen molar-refractivity contribution in [3.05, 3.63) is 53.1 Å². The van der Waals surface area contributed by atoms with Gasteiger partial charge in [0.25, 0.3) is 0 Å². The van der Waals surface area contributed by atoms with Gasteiger partial charge in [-0.05, 0) is 74.2 Å². The Kier molecular flexibility index (Phi) is 5.82. The van der Waals surface area contributed by atoms with E-state index in [0.717, 1.165) is 16.8 Å². The first-order chi connectivity index (χ1) is 15.2. The second-order valence-electron chi connectivity index (χ2n) is 8.60. The predicted octanol–water partition coefficient (Wildman–Crippen LogP) is 3.61. The van der Waals surface area contributed by atoms with Crippen molar-refractivity contribution >= 4 is 35.1 Å². The maximum absolute atomic E-state index is 12.8. The van der Waals surface area contributed by atoms with Crippen molar-refractivity contribution in [1.29, 1.82) is 0 Å². The van der Waals surface area contributed by atoms with E-state index in [0.29, 0.717) is 36.3 Å². The first-order valence-corrected chi connectivity index (χ1v) is 10.8. The molecule has 2 fully saturated rings. The van der Waals surface area contributed by atoms with E-state index in [9.17, 15) is 19.2 Å². The van der Waals surface area contributed by atoms with Crippen LogP contribution in [0, 0.1) is 26.7 Å². The van der Waals surface area contributed by atoms with Gasteiger partial charge in [0.1, 0.15) is 5.75 Å². The number of ether oxygens (including phenoxy) is 1. The molecule has 0 aliphatic carbocycles. The van der Waals surface area contributed by atoms with E-state index in [1.54, 1.807) is 30.0 Å². The van der Waals surface area contributed by atoms with Crippen LogP contribution in [0.4, 0.5) is 11.4 Å². The Bertz CT molecular complexity index is 1090. The zero-order valence-electron chi connectivity index (χ0n) is 18.5. The second kappa shape index (κ2) is 8.57. The number of anilines is 2. The molecule has 1 atom stereocenters. The van der Waals surface area contributed by atoms with E-state index in [2.05, 4.69) is 0 Å². The lowest BCUT2D eigenvalue weighted by Crippen LogP contribution is -2.40. The van der Waals surface area contributed by atoms with Gasteiger partial charge < -0.3 is 9.64 Å². The van der Waals surface area contributed by atoms with Gasteiger partial charge in [-0.15, -0.1) is 0 Å². The summed E-state index contributed by atoms with van der Waals surface area (Å²) in [7, 11) is 0. The highest BCUT2D eigenvalue weighted by atomic mass is 16.5. The van der Waals surface area contributed by atoms with Gasteiger partial charge in [-0.2, -0.15) is 0 Å². The molecular formula is C25H26N2O5. The smallest absolute Gasteiger partial charge is 0.316 e. The molecule has 2 saturated heterocycles. The monoisotopic (exact) mass is 434 g/mol. The molecule has 2 aliphatic rings. The van der Waals surface area contributed by atoms with E-state index in [4.69, 9.17) is 4.74 Å². The summed E-state index contributed by atoms with van der Waals surface area (Å²) in [5, 5.41) is 0. The fraction of sp³-hybridized carbons (Fsp3) is 0.360. The van der Waals surface area contributed by atoms with Gasteiger partial charge in [0.2, 0.25) is 17.7 Å². The summed E-state index contributed by atoms with van der Waals surface area (Å²) in [6, 6.07) is 10.7. The Hall–Kier alpha value is -3.48. The lowest BCUT2D eigenvalue weighted by atomic mass is 10.1. The topological polar surface area (TPSA) is 84.0 Å². The molecule has 7 nitrogen and oxygen atoms in total. The molecule has 4 rings (SSSR count). The summed E-state index contributed by atoms with van der Waals surface area (Å²) >= 11 is 0. The van der Waals surface area contributed by atoms with Crippen LogP contribution in [-0.4, -0.2) is 30.2 Å². The van der Waals surface area contributed by atoms with Crippen LogP contribution in [0.2, 0.25) is 0 Å². The van der Waals surface area contributed by atoms with Crippen LogP contribution >= 0.6 is 0 Å². The quantitative estimate of drug-likeness (QED) is 0.417. The van der Waals surface area contributed by atoms with Gasteiger partial charge in [0.15, 0.2) is 0 Å². The number of rotatable bonds is 4. The second-order valence-corrected chi connectivity index (χ2v) is 8.60. The Morgan fingerprint density at radius 3 is 2.19 bits per heavy atom. The molecule has 0 aromatic heterocycles. The molecule has 0 spiro atoms. The molecule has 2 aliphatic heterocycles. The lowest BCUT2D eigenvalue weighted by Gasteiger charge is -2.26. The van der Waals surface area contributed by atoms with Crippen molar-refractivity contribution in [3.63, 3.8) is 0 Å². The maximum atomic E-state index is 12.8. The van der Waals surface area contributed by atoms with Crippen LogP contribution in [0.1, 0.15) is 42.4 Å². The van der Waals surface area contributed by atoms with Crippen LogP contribution in [0.25, 0.3) is 0 Å². The number of hydrogen-bond donors (Lipinski definition) is 0. The van der Waals surface area contributed by atoms with Crippen molar-refractivity contribution in [1.82, 2.24) is 0 Å². The molecule has 3 amide bonds. The summed E-state index contributed by atoms with van der Waals surface area (Å²) in [6.45, 7) is 5.98. The molecule has 0 radical (unpaired) electrons. The summed E-state index contributed by atoms with van der Waals surface area (Å²) in [4.78, 5) is 52.5. The third-order valence-corrected chi connectivity index (χ3v) is 5.88. The van der Waals surface area contributed by atoms with E-state index in [1.807, 2.05) is 32.0 Å². The van der Waals surface area contributed by atoms with Crippen molar-refractivity contribution in [2.45, 2.75) is 46.5 Å². The van der Waals surface area contributed by atoms with Gasteiger partial charge in [-0.3, -0.25) is 24.1 Å². The van der Waals surface area contributed by atoms with Gasteiger partial charge in [0.05, 0.1) is 11.6 Å². The highest BCUT2D eigenvalue weighted by Crippen LogP contribution is 2.31. The predicted molar refractivity (Wildman–Crippen MR) is 120 cm³/mol. The number of esters is 1. The largest absolute Gasteiger partial charge is 0.426 e. The first kappa shape index (κ1) is 21.7. The van der Waals surface area contributed by atoms with Gasteiger partial charge in [-0.1, -0.05) is 6.07 Å². The molecule has 166 valence electrons. The molecular weight excluding hydrogens is 408 g/mol. The van der Waals surface area contributed by atoms with Gasteiger partial charge in [0, 0.05) is 31.5 Å². The normalized spacial score (nSPS) is 19.0. The van der Waals surface area contributed by atoms with E-state index in [-0.39, 0.29) is 30.7 Å². The molecule has 7 heteroatoms. The average Bonchev–Trinajstić information content (AvgIpc) is 3.10. The maximum Gasteiger partial charge on any atom is 0.316 e. The Labute approximate surface area is 187 Å². The number of benzene rings is 2. The highest BCUT2D eigenvalue weighted by molar-refractivity contribution is 6.16. The minimum absolute atomic E-state index is 0.0969. The number of carbonyl (C=O) groups is 4. The Morgan fingerprint density at radius 2 is 1.56 bits per heavy atom. The average molecular weight is 434 g/mol. The summed E-state index contributed by atoms with van der Waals surface area (Å²) in [5.41, 5.74) is 4.08. The summed E-state index contributed by atoms with van der Waals surface area (Å²) < 4.78 is 5.55. The van der Waals surface area contributed by atoms with Crippen molar-refractivity contribution in [2.75, 3.05) is 16.3 Å². The van der Waals surface area contributed by atoms with Crippen molar-refractivity contribution in [3.8, 4) is 5.75 Å². The van der Waals surface area contributed by atoms with Crippen LogP contribution in [0.5, 0.6) is 5.75 Å². The fourth-order valence-corrected chi connectivity index (χ4v) is 4.39. The zero-order valence-corrected chi connectivity index (χ0v) is 18.5. The molecule has 0 N–H and O–H groups in total. The highest BCUT2D eigenvalue weighted by Gasteiger charge is 2.36. The van der Waals surface area contributed by atoms with E-state index in [1.165, 1.54) is 4.90 Å². The van der Waals surface area contributed by atoms with Crippen LogP contribution in [0.15, 0.2) is 36.4 Å². The van der Waals surface area contributed by atoms with Gasteiger partial charge >= 0.3 is 5.97 Å². The molecule has 0 bridgehead atoms. The van der Waals surface area contributed by atoms with Crippen LogP contribution < -0.4 is 14.5 Å². The third kappa shape index (κ3) is 4.28. The number of piperidine rings is 1. The first-order valence-electron chi connectivity index (χ1n) is 10.8. The molecule has 32 heavy (non-hydrogen) atoms. The minimum Gasteiger partial charge on any atom is -0.426 e. The SMILES string of the molecule is Cc1cc(C)cc(N2C[C@@H](C(=O)Oc3ccc(N4C(=O)CCCC4=O)c(C)c3)CC2=O)c1. The van der Waals surface area contributed by atoms with E-state index < -0.39 is 11.9 Å². The Morgan fingerprint density at radius 1 is 0.906 bits per heavy atom. The molecule has 0 saturated carbocycles. The van der Waals surface area contributed by atoms with Crippen molar-refractivity contribution in [2.24, 2.45) is 5.92 Å². The van der Waals surface area contributed by atoms with Crippen molar-refractivity contribution < 1.29 is 23.9 Å². The third-order valence-electron chi connectivity index (χ3n) is 5.88. The molecule has 2 aromatic rings. The standard InChI is InChI=1S/C25H26N2O5/c1-15-9-16(2)11-19(10-15)26-14-18(13-24(26)30)25(31)32-20-7-8-21(17(3)12-20)27-22(28)5-4-6-23(27)29/h7-12,18H,4-6,13-14H2,1-3H3/t18-/m0/s1. The molecule has 0 unspecified atom stereocenters. The van der Waals surface area contributed by atoms with E-state index >= 15 is 0 Å². The Balaban J connectivity index is 1.46. The fourth-order valence-electron chi connectivity index (χ4n) is 4.39. The summed E-state index contributed by atoms with van der Waals surface area (Å²) in [6.07, 6.45) is 1.35. The molecule has 2 heterocycles. The summed E-state index contributed by atoms with van der Waals surface area (Å²) in [5.74, 6) is -1.25. The number of nitrogens with zero attached hydrogens (tertiary/aromatic N) is 2. The number of carbonyl (C=O) groups excluding carboxylic acids is 4. The van der Waals surface area contributed by atoms with Crippen LogP contribution in [0.3, 0.4) is 0 Å². The zero-order chi connectivity index (χ0) is 23.0. The minimum atomic E-state index is -0.562. The number of hydrogen-bond acceptors (Lipinski definition) is 5. The number of aryl methyl sites for hydroxylation is 3. The van der Waals surface area contributed by atoms with Gasteiger partial charge in [-0.25, -0.2) is 0 Å². The lowest BCUT2D eigenvalue weighted by molar-refractivity contribution is -0.139. The number of imide groups is 1. The molecule has 2 aromatic carbocycles. The van der Waals surface area contributed by atoms with Crippen LogP contribution in [-0.2, 0) is 19.2 Å². The number of amides is 3.